The van der Waals surface area contributed by atoms with Crippen molar-refractivity contribution in [3.8, 4) is 0 Å². The van der Waals surface area contributed by atoms with Crippen LogP contribution in [0.5, 0.6) is 0 Å². The van der Waals surface area contributed by atoms with Crippen LogP contribution in [0.3, 0.4) is 0 Å². The second kappa shape index (κ2) is 4.91. The van der Waals surface area contributed by atoms with Crippen molar-refractivity contribution in [2.45, 2.75) is 49.6 Å². The lowest BCUT2D eigenvalue weighted by Gasteiger charge is -2.44. The maximum absolute atomic E-state index is 12.2. The van der Waals surface area contributed by atoms with E-state index in [0.717, 1.165) is 19.3 Å². The standard InChI is InChI=1S/C14H21NO4S/c1-7-6-8-2-3-9-14(8,18)11(13(17)19-9)12(7)20-5-4-10(15)16/h7-9,11-12,18H,2-6H2,1H3,(H2,15,16)/t7-,8+,9+,11?,12+,14+/m0/s1. The molecule has 2 saturated carbocycles. The molecule has 0 aromatic carbocycles. The van der Waals surface area contributed by atoms with E-state index in [1.54, 1.807) is 11.8 Å². The first-order valence-electron chi connectivity index (χ1n) is 7.27. The van der Waals surface area contributed by atoms with Gasteiger partial charge in [-0.3, -0.25) is 9.59 Å². The molecule has 3 aliphatic rings. The summed E-state index contributed by atoms with van der Waals surface area (Å²) in [7, 11) is 0. The van der Waals surface area contributed by atoms with Crippen LogP contribution in [0.25, 0.3) is 0 Å². The molecule has 0 aromatic rings. The van der Waals surface area contributed by atoms with Crippen LogP contribution >= 0.6 is 11.8 Å². The molecule has 0 bridgehead atoms. The Balaban J connectivity index is 1.80. The van der Waals surface area contributed by atoms with Gasteiger partial charge in [0.05, 0.1) is 0 Å². The number of carbonyl (C=O) groups excluding carboxylic acids is 2. The Morgan fingerprint density at radius 1 is 1.55 bits per heavy atom. The lowest BCUT2D eigenvalue weighted by Crippen LogP contribution is -2.55. The molecule has 20 heavy (non-hydrogen) atoms. The Labute approximate surface area is 122 Å². The van der Waals surface area contributed by atoms with Gasteiger partial charge in [-0.15, -0.1) is 0 Å². The van der Waals surface area contributed by atoms with Crippen molar-refractivity contribution in [3.63, 3.8) is 0 Å². The van der Waals surface area contributed by atoms with Crippen molar-refractivity contribution in [1.82, 2.24) is 0 Å². The molecule has 6 heteroatoms. The van der Waals surface area contributed by atoms with Gasteiger partial charge in [0.1, 0.15) is 17.6 Å². The van der Waals surface area contributed by atoms with E-state index in [0.29, 0.717) is 18.1 Å². The first kappa shape index (κ1) is 14.2. The smallest absolute Gasteiger partial charge is 0.313 e. The number of hydrogen-bond acceptors (Lipinski definition) is 5. The predicted molar refractivity (Wildman–Crippen MR) is 74.9 cm³/mol. The van der Waals surface area contributed by atoms with Gasteiger partial charge in [-0.1, -0.05) is 6.92 Å². The van der Waals surface area contributed by atoms with E-state index in [-0.39, 0.29) is 29.1 Å². The summed E-state index contributed by atoms with van der Waals surface area (Å²) in [5.41, 5.74) is 4.19. The highest BCUT2D eigenvalue weighted by molar-refractivity contribution is 8.00. The van der Waals surface area contributed by atoms with E-state index in [9.17, 15) is 14.7 Å². The van der Waals surface area contributed by atoms with Crippen molar-refractivity contribution < 1.29 is 19.4 Å². The lowest BCUT2D eigenvalue weighted by molar-refractivity contribution is -0.145. The van der Waals surface area contributed by atoms with Gasteiger partial charge in [-0.2, -0.15) is 11.8 Å². The third-order valence-corrected chi connectivity index (χ3v) is 6.72. The molecule has 6 atom stereocenters. The molecule has 1 saturated heterocycles. The largest absolute Gasteiger partial charge is 0.459 e. The zero-order chi connectivity index (χ0) is 14.5. The minimum Gasteiger partial charge on any atom is -0.459 e. The van der Waals surface area contributed by atoms with Gasteiger partial charge >= 0.3 is 5.97 Å². The monoisotopic (exact) mass is 299 g/mol. The molecule has 0 radical (unpaired) electrons. The number of primary amides is 1. The Kier molecular flexibility index (Phi) is 3.49. The maximum atomic E-state index is 12.2. The van der Waals surface area contributed by atoms with Crippen molar-refractivity contribution in [2.24, 2.45) is 23.5 Å². The van der Waals surface area contributed by atoms with Gasteiger partial charge in [0.2, 0.25) is 5.91 Å². The summed E-state index contributed by atoms with van der Waals surface area (Å²) in [6.07, 6.45) is 2.62. The predicted octanol–water partition coefficient (Wildman–Crippen LogP) is 0.686. The first-order chi connectivity index (χ1) is 9.44. The fourth-order valence-electron chi connectivity index (χ4n) is 4.26. The van der Waals surface area contributed by atoms with Crippen molar-refractivity contribution in [1.29, 1.82) is 0 Å². The van der Waals surface area contributed by atoms with E-state index < -0.39 is 11.5 Å². The normalized spacial score (nSPS) is 46.1. The second-order valence-electron chi connectivity index (χ2n) is 6.33. The second-order valence-corrected chi connectivity index (χ2v) is 7.62. The molecular weight excluding hydrogens is 278 g/mol. The van der Waals surface area contributed by atoms with E-state index in [1.165, 1.54) is 0 Å². The molecule has 3 fully saturated rings. The quantitative estimate of drug-likeness (QED) is 0.745. The van der Waals surface area contributed by atoms with Crippen LogP contribution in [-0.4, -0.2) is 39.7 Å². The molecule has 0 aromatic heterocycles. The molecule has 1 heterocycles. The van der Waals surface area contributed by atoms with E-state index in [1.807, 2.05) is 0 Å². The molecule has 3 N–H and O–H groups in total. The number of nitrogens with two attached hydrogens (primary N) is 1. The SMILES string of the molecule is C[C@H]1C[C@H]2CC[C@H]3OC(=O)C([C@@H]1SCCC(N)=O)[C@@]23O. The highest BCUT2D eigenvalue weighted by Gasteiger charge is 2.68. The number of esters is 1. The Morgan fingerprint density at radius 3 is 3.00 bits per heavy atom. The summed E-state index contributed by atoms with van der Waals surface area (Å²) >= 11 is 1.58. The minimum absolute atomic E-state index is 0.0196. The van der Waals surface area contributed by atoms with E-state index in [2.05, 4.69) is 6.92 Å². The molecule has 1 amide bonds. The fraction of sp³-hybridized carbons (Fsp3) is 0.857. The van der Waals surface area contributed by atoms with Crippen LogP contribution in [0.2, 0.25) is 0 Å². The summed E-state index contributed by atoms with van der Waals surface area (Å²) in [6.45, 7) is 2.13. The van der Waals surface area contributed by atoms with Crippen molar-refractivity contribution in [3.05, 3.63) is 0 Å². The Bertz CT molecular complexity index is 443. The molecule has 1 unspecified atom stereocenters. The van der Waals surface area contributed by atoms with Crippen LogP contribution in [0, 0.1) is 17.8 Å². The van der Waals surface area contributed by atoms with Crippen LogP contribution in [0.1, 0.15) is 32.6 Å². The van der Waals surface area contributed by atoms with Crippen molar-refractivity contribution >= 4 is 23.6 Å². The number of thioether (sulfide) groups is 1. The third kappa shape index (κ3) is 1.96. The third-order valence-electron chi connectivity index (χ3n) is 5.16. The average molecular weight is 299 g/mol. The summed E-state index contributed by atoms with van der Waals surface area (Å²) in [6, 6.07) is 0. The molecule has 5 nitrogen and oxygen atoms in total. The zero-order valence-electron chi connectivity index (χ0n) is 11.6. The van der Waals surface area contributed by atoms with Gasteiger partial charge in [0, 0.05) is 17.4 Å². The van der Waals surface area contributed by atoms with Crippen LogP contribution in [0.4, 0.5) is 0 Å². The topological polar surface area (TPSA) is 89.6 Å². The number of aliphatic hydroxyl groups is 1. The van der Waals surface area contributed by atoms with Gasteiger partial charge in [0.25, 0.3) is 0 Å². The minimum atomic E-state index is -0.978. The summed E-state index contributed by atoms with van der Waals surface area (Å²) < 4.78 is 5.41. The number of amides is 1. The fourth-order valence-corrected chi connectivity index (χ4v) is 5.81. The number of hydrogen-bond donors (Lipinski definition) is 2. The van der Waals surface area contributed by atoms with Crippen molar-refractivity contribution in [2.75, 3.05) is 5.75 Å². The zero-order valence-corrected chi connectivity index (χ0v) is 12.4. The summed E-state index contributed by atoms with van der Waals surface area (Å²) in [5.74, 6) is 0.0798. The summed E-state index contributed by atoms with van der Waals surface area (Å²) in [5, 5.41) is 11.0. The average Bonchev–Trinajstić information content (AvgIpc) is 2.79. The maximum Gasteiger partial charge on any atom is 0.313 e. The lowest BCUT2D eigenvalue weighted by atomic mass is 9.66. The van der Waals surface area contributed by atoms with E-state index in [4.69, 9.17) is 10.5 Å². The van der Waals surface area contributed by atoms with E-state index >= 15 is 0 Å². The highest BCUT2D eigenvalue weighted by Crippen LogP contribution is 2.57. The molecule has 0 spiro atoms. The molecule has 112 valence electrons. The number of ether oxygens (including phenoxy) is 1. The van der Waals surface area contributed by atoms with Gasteiger partial charge < -0.3 is 15.6 Å². The summed E-state index contributed by atoms with van der Waals surface area (Å²) in [4.78, 5) is 23.0. The molecule has 2 aliphatic carbocycles. The van der Waals surface area contributed by atoms with Crippen LogP contribution in [-0.2, 0) is 14.3 Å². The van der Waals surface area contributed by atoms with Gasteiger partial charge in [0.15, 0.2) is 0 Å². The number of rotatable bonds is 4. The Morgan fingerprint density at radius 2 is 2.30 bits per heavy atom. The first-order valence-corrected chi connectivity index (χ1v) is 8.32. The van der Waals surface area contributed by atoms with Gasteiger partial charge in [-0.05, 0) is 31.1 Å². The Hall–Kier alpha value is -0.750. The number of carbonyl (C=O) groups is 2. The van der Waals surface area contributed by atoms with Crippen LogP contribution < -0.4 is 5.73 Å². The van der Waals surface area contributed by atoms with Gasteiger partial charge in [-0.25, -0.2) is 0 Å². The van der Waals surface area contributed by atoms with Crippen LogP contribution in [0.15, 0.2) is 0 Å². The molecular formula is C14H21NO4S. The molecule has 1 aliphatic heterocycles. The highest BCUT2D eigenvalue weighted by atomic mass is 32.2. The molecule has 3 rings (SSSR count).